The van der Waals surface area contributed by atoms with E-state index >= 15 is 0 Å². The number of alkyl halides is 1. The Balaban J connectivity index is 2.01. The molecule has 2 rings (SSSR count). The fourth-order valence-electron chi connectivity index (χ4n) is 1.47. The van der Waals surface area contributed by atoms with Crippen molar-refractivity contribution in [2.45, 2.75) is 18.7 Å². The van der Waals surface area contributed by atoms with Gasteiger partial charge in [0.2, 0.25) is 5.88 Å². The van der Waals surface area contributed by atoms with Crippen LogP contribution in [0.3, 0.4) is 0 Å². The second-order valence-electron chi connectivity index (χ2n) is 3.35. The molecule has 2 heterocycles. The SMILES string of the molecule is F[C@H]1CNCC[C@@H]1Oc1cncc(Cl)n1. The van der Waals surface area contributed by atoms with Crippen LogP contribution in [0.5, 0.6) is 5.88 Å². The maximum absolute atomic E-state index is 13.4. The first kappa shape index (κ1) is 10.6. The Kier molecular flexibility index (Phi) is 3.33. The third kappa shape index (κ3) is 2.76. The molecule has 82 valence electrons. The Morgan fingerprint density at radius 1 is 1.53 bits per heavy atom. The minimum absolute atomic E-state index is 0.247. The molecule has 15 heavy (non-hydrogen) atoms. The van der Waals surface area contributed by atoms with Crippen LogP contribution in [0.25, 0.3) is 0 Å². The van der Waals surface area contributed by atoms with Crippen LogP contribution in [-0.4, -0.2) is 35.3 Å². The van der Waals surface area contributed by atoms with E-state index in [4.69, 9.17) is 16.3 Å². The van der Waals surface area contributed by atoms with Crippen LogP contribution in [-0.2, 0) is 0 Å². The number of rotatable bonds is 2. The number of hydrogen-bond acceptors (Lipinski definition) is 4. The van der Waals surface area contributed by atoms with Crippen LogP contribution < -0.4 is 10.1 Å². The van der Waals surface area contributed by atoms with E-state index in [9.17, 15) is 4.39 Å². The van der Waals surface area contributed by atoms with Crippen molar-refractivity contribution in [1.29, 1.82) is 0 Å². The molecule has 1 aromatic heterocycles. The zero-order valence-corrected chi connectivity index (χ0v) is 8.75. The first-order chi connectivity index (χ1) is 7.25. The summed E-state index contributed by atoms with van der Waals surface area (Å²) in [5, 5.41) is 3.19. The molecule has 0 amide bonds. The summed E-state index contributed by atoms with van der Waals surface area (Å²) >= 11 is 5.64. The quantitative estimate of drug-likeness (QED) is 0.831. The topological polar surface area (TPSA) is 47.0 Å². The van der Waals surface area contributed by atoms with Gasteiger partial charge in [-0.15, -0.1) is 0 Å². The van der Waals surface area contributed by atoms with Gasteiger partial charge < -0.3 is 10.1 Å². The molecule has 2 atom stereocenters. The first-order valence-corrected chi connectivity index (χ1v) is 5.12. The number of piperidine rings is 1. The molecule has 1 aliphatic rings. The molecule has 1 aliphatic heterocycles. The summed E-state index contributed by atoms with van der Waals surface area (Å²) in [6.45, 7) is 1.07. The molecule has 1 N–H and O–H groups in total. The van der Waals surface area contributed by atoms with Crippen molar-refractivity contribution in [3.63, 3.8) is 0 Å². The van der Waals surface area contributed by atoms with E-state index in [-0.39, 0.29) is 11.0 Å². The van der Waals surface area contributed by atoms with Gasteiger partial charge in [-0.1, -0.05) is 11.6 Å². The molecule has 0 aromatic carbocycles. The summed E-state index contributed by atoms with van der Waals surface area (Å²) < 4.78 is 18.7. The second kappa shape index (κ2) is 4.72. The van der Waals surface area contributed by atoms with E-state index in [0.717, 1.165) is 6.54 Å². The van der Waals surface area contributed by atoms with E-state index in [0.29, 0.717) is 13.0 Å². The van der Waals surface area contributed by atoms with Crippen LogP contribution in [0.4, 0.5) is 4.39 Å². The molecule has 1 aromatic rings. The molecular weight excluding hydrogens is 221 g/mol. The molecule has 0 saturated carbocycles. The Bertz CT molecular complexity index is 339. The average molecular weight is 232 g/mol. The monoisotopic (exact) mass is 231 g/mol. The lowest BCUT2D eigenvalue weighted by atomic mass is 10.1. The molecule has 1 saturated heterocycles. The lowest BCUT2D eigenvalue weighted by Gasteiger charge is -2.26. The van der Waals surface area contributed by atoms with Crippen molar-refractivity contribution in [1.82, 2.24) is 15.3 Å². The predicted octanol–water partition coefficient (Wildman–Crippen LogP) is 1.21. The second-order valence-corrected chi connectivity index (χ2v) is 3.73. The fraction of sp³-hybridized carbons (Fsp3) is 0.556. The van der Waals surface area contributed by atoms with Gasteiger partial charge in [-0.05, 0) is 13.0 Å². The van der Waals surface area contributed by atoms with Gasteiger partial charge in [-0.2, -0.15) is 4.98 Å². The molecule has 4 nitrogen and oxygen atoms in total. The first-order valence-electron chi connectivity index (χ1n) is 4.74. The predicted molar refractivity (Wildman–Crippen MR) is 53.8 cm³/mol. The highest BCUT2D eigenvalue weighted by molar-refractivity contribution is 6.29. The summed E-state index contributed by atoms with van der Waals surface area (Å²) in [4.78, 5) is 7.71. The van der Waals surface area contributed by atoms with Crippen molar-refractivity contribution in [3.8, 4) is 5.88 Å². The minimum atomic E-state index is -1.01. The smallest absolute Gasteiger partial charge is 0.234 e. The van der Waals surface area contributed by atoms with Crippen molar-refractivity contribution in [2.24, 2.45) is 0 Å². The Morgan fingerprint density at radius 3 is 3.13 bits per heavy atom. The van der Waals surface area contributed by atoms with Gasteiger partial charge in [-0.25, -0.2) is 4.39 Å². The summed E-state index contributed by atoms with van der Waals surface area (Å²) in [5.41, 5.74) is 0. The van der Waals surface area contributed by atoms with Crippen molar-refractivity contribution < 1.29 is 9.13 Å². The van der Waals surface area contributed by atoms with E-state index in [2.05, 4.69) is 15.3 Å². The molecule has 0 radical (unpaired) electrons. The number of nitrogens with zero attached hydrogens (tertiary/aromatic N) is 2. The molecule has 0 bridgehead atoms. The van der Waals surface area contributed by atoms with Gasteiger partial charge >= 0.3 is 0 Å². The van der Waals surface area contributed by atoms with E-state index in [1.54, 1.807) is 0 Å². The highest BCUT2D eigenvalue weighted by Crippen LogP contribution is 2.16. The summed E-state index contributed by atoms with van der Waals surface area (Å²) in [6.07, 6.45) is 1.98. The number of hydrogen-bond donors (Lipinski definition) is 1. The Labute approximate surface area is 91.8 Å². The van der Waals surface area contributed by atoms with Gasteiger partial charge in [-0.3, -0.25) is 4.98 Å². The lowest BCUT2D eigenvalue weighted by Crippen LogP contribution is -2.44. The van der Waals surface area contributed by atoms with E-state index in [1.807, 2.05) is 0 Å². The minimum Gasteiger partial charge on any atom is -0.470 e. The summed E-state index contributed by atoms with van der Waals surface area (Å²) in [6, 6.07) is 0. The van der Waals surface area contributed by atoms with Crippen LogP contribution >= 0.6 is 11.6 Å². The van der Waals surface area contributed by atoms with Crippen LogP contribution in [0.15, 0.2) is 12.4 Å². The number of aromatic nitrogens is 2. The molecular formula is C9H11ClFN3O. The highest BCUT2D eigenvalue weighted by atomic mass is 35.5. The van der Waals surface area contributed by atoms with Crippen LogP contribution in [0.1, 0.15) is 6.42 Å². The summed E-state index contributed by atoms with van der Waals surface area (Å²) in [7, 11) is 0. The molecule has 1 fully saturated rings. The standard InChI is InChI=1S/C9H11ClFN3O/c10-8-4-13-5-9(14-8)15-7-1-2-12-3-6(7)11/h4-7,12H,1-3H2/t6-,7-/m0/s1. The Hall–Kier alpha value is -0.940. The number of nitrogens with one attached hydrogen (secondary N) is 1. The number of ether oxygens (including phenoxy) is 1. The summed E-state index contributed by atoms with van der Waals surface area (Å²) in [5.74, 6) is 0.275. The number of halogens is 2. The van der Waals surface area contributed by atoms with Crippen LogP contribution in [0.2, 0.25) is 5.15 Å². The average Bonchev–Trinajstić information content (AvgIpc) is 2.22. The highest BCUT2D eigenvalue weighted by Gasteiger charge is 2.26. The largest absolute Gasteiger partial charge is 0.470 e. The third-order valence-electron chi connectivity index (χ3n) is 2.20. The van der Waals surface area contributed by atoms with E-state index in [1.165, 1.54) is 12.4 Å². The molecule has 6 heteroatoms. The van der Waals surface area contributed by atoms with E-state index < -0.39 is 12.3 Å². The van der Waals surface area contributed by atoms with Crippen molar-refractivity contribution in [2.75, 3.05) is 13.1 Å². The zero-order chi connectivity index (χ0) is 10.7. The maximum Gasteiger partial charge on any atom is 0.234 e. The molecule has 0 unspecified atom stereocenters. The van der Waals surface area contributed by atoms with Gasteiger partial charge in [0.05, 0.1) is 12.4 Å². The maximum atomic E-state index is 13.4. The third-order valence-corrected chi connectivity index (χ3v) is 2.39. The zero-order valence-electron chi connectivity index (χ0n) is 7.99. The van der Waals surface area contributed by atoms with Gasteiger partial charge in [0.25, 0.3) is 0 Å². The van der Waals surface area contributed by atoms with Crippen LogP contribution in [0, 0.1) is 0 Å². The van der Waals surface area contributed by atoms with Crippen molar-refractivity contribution in [3.05, 3.63) is 17.5 Å². The molecule has 0 aliphatic carbocycles. The van der Waals surface area contributed by atoms with Crippen molar-refractivity contribution >= 4 is 11.6 Å². The Morgan fingerprint density at radius 2 is 2.40 bits per heavy atom. The van der Waals surface area contributed by atoms with Gasteiger partial charge in [0.1, 0.15) is 12.3 Å². The lowest BCUT2D eigenvalue weighted by molar-refractivity contribution is 0.0690. The van der Waals surface area contributed by atoms with Gasteiger partial charge in [0.15, 0.2) is 5.15 Å². The van der Waals surface area contributed by atoms with Gasteiger partial charge in [0, 0.05) is 6.54 Å². The fourth-order valence-corrected chi connectivity index (χ4v) is 1.61. The molecule has 0 spiro atoms. The normalized spacial score (nSPS) is 26.3.